The molecule has 0 atom stereocenters. The molecule has 3 fully saturated rings. The molecule has 0 unspecified atom stereocenters. The van der Waals surface area contributed by atoms with Gasteiger partial charge < -0.3 is 0 Å². The van der Waals surface area contributed by atoms with Gasteiger partial charge in [-0.2, -0.15) is 0 Å². The van der Waals surface area contributed by atoms with Gasteiger partial charge >= 0.3 is 0 Å². The van der Waals surface area contributed by atoms with Gasteiger partial charge in [-0.1, -0.05) is 36.4 Å². The largest absolute Gasteiger partial charge is 0.269 e. The number of hydrogen-bond acceptors (Lipinski definition) is 2. The van der Waals surface area contributed by atoms with Crippen LogP contribution >= 0.6 is 0 Å². The minimum Gasteiger partial charge on any atom is -0.269 e. The lowest BCUT2D eigenvalue weighted by atomic mass is 10.0. The third-order valence-corrected chi connectivity index (χ3v) is 6.17. The topological polar surface area (TPSA) is 37.1 Å². The van der Waals surface area contributed by atoms with E-state index >= 15 is 0 Å². The molecule has 2 aromatic carbocycles. The van der Waals surface area contributed by atoms with Gasteiger partial charge in [0.1, 0.15) is 5.84 Å². The Labute approximate surface area is 141 Å². The van der Waals surface area contributed by atoms with Crippen molar-refractivity contribution in [3.05, 3.63) is 48.0 Å². The van der Waals surface area contributed by atoms with Crippen LogP contribution in [0.4, 0.5) is 0 Å². The number of nitrogens with zero attached hydrogens (tertiary/aromatic N) is 3. The second-order valence-electron chi connectivity index (χ2n) is 7.93. The molecule has 3 aliphatic carbocycles. The van der Waals surface area contributed by atoms with Crippen molar-refractivity contribution in [3.8, 4) is 0 Å². The van der Waals surface area contributed by atoms with Gasteiger partial charge in [0.25, 0.3) is 0 Å². The lowest BCUT2D eigenvalue weighted by molar-refractivity contribution is 0.634. The molecule has 0 aromatic heterocycles. The van der Waals surface area contributed by atoms with Gasteiger partial charge in [0.05, 0.1) is 6.54 Å². The maximum absolute atomic E-state index is 4.98. The van der Waals surface area contributed by atoms with E-state index in [4.69, 9.17) is 9.98 Å². The molecule has 0 radical (unpaired) electrons. The van der Waals surface area contributed by atoms with E-state index in [0.717, 1.165) is 23.8 Å². The third-order valence-electron chi connectivity index (χ3n) is 6.17. The van der Waals surface area contributed by atoms with Crippen molar-refractivity contribution in [1.29, 1.82) is 0 Å². The Hall–Kier alpha value is -2.29. The van der Waals surface area contributed by atoms with Gasteiger partial charge in [0.2, 0.25) is 0 Å². The predicted octanol–water partition coefficient (Wildman–Crippen LogP) is 4.40. The Morgan fingerprint density at radius 1 is 0.917 bits per heavy atom. The zero-order valence-electron chi connectivity index (χ0n) is 13.6. The summed E-state index contributed by atoms with van der Waals surface area (Å²) in [6.07, 6.45) is 6.32. The molecule has 0 saturated heterocycles. The zero-order chi connectivity index (χ0) is 15.8. The molecule has 0 amide bonds. The van der Waals surface area contributed by atoms with E-state index in [9.17, 15) is 0 Å². The van der Waals surface area contributed by atoms with Crippen molar-refractivity contribution >= 4 is 28.2 Å². The summed E-state index contributed by atoms with van der Waals surface area (Å²) in [5.74, 6) is 1.92. The molecular weight excluding hydrogens is 294 g/mol. The Bertz CT molecular complexity index is 971. The monoisotopic (exact) mass is 313 g/mol. The Morgan fingerprint density at radius 3 is 2.38 bits per heavy atom. The number of fused-ring (bicyclic) bond motifs is 1. The van der Waals surface area contributed by atoms with Crippen LogP contribution in [0.2, 0.25) is 0 Å². The predicted molar refractivity (Wildman–Crippen MR) is 98.2 cm³/mol. The summed E-state index contributed by atoms with van der Waals surface area (Å²) in [5.41, 5.74) is 3.29. The van der Waals surface area contributed by atoms with Gasteiger partial charge in [0, 0.05) is 22.1 Å². The first-order valence-electron chi connectivity index (χ1n) is 8.97. The fourth-order valence-corrected chi connectivity index (χ4v) is 3.82. The number of amidine groups is 2. The lowest BCUT2D eigenvalue weighted by Gasteiger charge is -2.21. The van der Waals surface area contributed by atoms with Gasteiger partial charge in [-0.25, -0.2) is 9.98 Å². The van der Waals surface area contributed by atoms with Crippen molar-refractivity contribution in [2.45, 2.75) is 32.1 Å². The summed E-state index contributed by atoms with van der Waals surface area (Å²) in [5, 5.41) is 2.51. The minimum atomic E-state index is 0.323. The minimum absolute atomic E-state index is 0.323. The lowest BCUT2D eigenvalue weighted by Crippen LogP contribution is -2.28. The number of benzene rings is 2. The quantitative estimate of drug-likeness (QED) is 0.553. The van der Waals surface area contributed by atoms with E-state index in [1.807, 2.05) is 0 Å². The van der Waals surface area contributed by atoms with E-state index in [-0.39, 0.29) is 0 Å². The van der Waals surface area contributed by atoms with Gasteiger partial charge in [-0.15, -0.1) is 0 Å². The standard InChI is InChI=1S/C21H19N3/c1-2-4-15-11-16(6-5-14(15)3-1)18(23-17-12-20(17)7-8-20)24-19-21(9-10-21)13-22-19/h1-6,11H,7-10,12-13H2. The highest BCUT2D eigenvalue weighted by Crippen LogP contribution is 2.63. The first-order chi connectivity index (χ1) is 11.8. The first kappa shape index (κ1) is 13.1. The maximum atomic E-state index is 4.98. The molecule has 0 N–H and O–H groups in total. The summed E-state index contributed by atoms with van der Waals surface area (Å²) < 4.78 is 0. The van der Waals surface area contributed by atoms with Crippen LogP contribution in [0.5, 0.6) is 0 Å². The molecule has 24 heavy (non-hydrogen) atoms. The summed E-state index contributed by atoms with van der Waals surface area (Å²) in [4.78, 5) is 14.5. The fraction of sp³-hybridized carbons (Fsp3) is 0.381. The average Bonchev–Trinajstić information content (AvgIpc) is 3.49. The molecule has 6 rings (SSSR count). The van der Waals surface area contributed by atoms with Crippen molar-refractivity contribution in [2.24, 2.45) is 25.8 Å². The summed E-state index contributed by atoms with van der Waals surface area (Å²) in [6.45, 7) is 0.970. The fourth-order valence-electron chi connectivity index (χ4n) is 3.82. The second kappa shape index (κ2) is 4.21. The van der Waals surface area contributed by atoms with Crippen LogP contribution in [0.3, 0.4) is 0 Å². The van der Waals surface area contributed by atoms with E-state index in [2.05, 4.69) is 47.5 Å². The average molecular weight is 313 g/mol. The molecular formula is C21H19N3. The van der Waals surface area contributed by atoms with Crippen LogP contribution < -0.4 is 0 Å². The summed E-state index contributed by atoms with van der Waals surface area (Å²) in [7, 11) is 0. The van der Waals surface area contributed by atoms with Crippen LogP contribution in [-0.4, -0.2) is 23.9 Å². The molecule has 1 aliphatic heterocycles. The Kier molecular flexibility index (Phi) is 2.29. The van der Waals surface area contributed by atoms with Crippen LogP contribution in [0, 0.1) is 10.8 Å². The molecule has 2 aromatic rings. The van der Waals surface area contributed by atoms with Crippen LogP contribution in [-0.2, 0) is 0 Å². The highest BCUT2D eigenvalue weighted by atomic mass is 15.1. The smallest absolute Gasteiger partial charge is 0.161 e. The molecule has 3 saturated carbocycles. The molecule has 2 spiro atoms. The van der Waals surface area contributed by atoms with Crippen LogP contribution in [0.15, 0.2) is 57.4 Å². The highest BCUT2D eigenvalue weighted by molar-refractivity contribution is 6.19. The van der Waals surface area contributed by atoms with Crippen LogP contribution in [0.1, 0.15) is 37.7 Å². The molecule has 4 aliphatic rings. The second-order valence-corrected chi connectivity index (χ2v) is 7.93. The molecule has 3 nitrogen and oxygen atoms in total. The van der Waals surface area contributed by atoms with Crippen molar-refractivity contribution in [1.82, 2.24) is 0 Å². The molecule has 0 bridgehead atoms. The zero-order valence-corrected chi connectivity index (χ0v) is 13.6. The third kappa shape index (κ3) is 1.87. The molecule has 3 heteroatoms. The Morgan fingerprint density at radius 2 is 1.71 bits per heavy atom. The van der Waals surface area contributed by atoms with Gasteiger partial charge in [0.15, 0.2) is 5.84 Å². The number of aliphatic imine (C=N–C) groups is 3. The van der Waals surface area contributed by atoms with E-state index in [1.54, 1.807) is 0 Å². The van der Waals surface area contributed by atoms with Crippen molar-refractivity contribution in [2.75, 3.05) is 6.54 Å². The van der Waals surface area contributed by atoms with E-state index in [1.165, 1.54) is 48.6 Å². The highest BCUT2D eigenvalue weighted by Gasteiger charge is 2.60. The summed E-state index contributed by atoms with van der Waals surface area (Å²) >= 11 is 0. The van der Waals surface area contributed by atoms with Crippen molar-refractivity contribution in [3.63, 3.8) is 0 Å². The van der Waals surface area contributed by atoms with Gasteiger partial charge in [-0.05, 0) is 48.9 Å². The Balaban J connectivity index is 1.45. The van der Waals surface area contributed by atoms with Gasteiger partial charge in [-0.3, -0.25) is 4.99 Å². The SMILES string of the molecule is c1ccc2cc(C(=NC3=NCC34CC4)N=C3CC34CC4)ccc2c1. The van der Waals surface area contributed by atoms with E-state index < -0.39 is 0 Å². The van der Waals surface area contributed by atoms with E-state index in [0.29, 0.717) is 10.8 Å². The first-order valence-corrected chi connectivity index (χ1v) is 8.97. The number of hydrogen-bond donors (Lipinski definition) is 0. The van der Waals surface area contributed by atoms with Crippen LogP contribution in [0.25, 0.3) is 10.8 Å². The summed E-state index contributed by atoms with van der Waals surface area (Å²) in [6, 6.07) is 15.0. The molecule has 1 heterocycles. The molecule has 118 valence electrons. The maximum Gasteiger partial charge on any atom is 0.161 e. The van der Waals surface area contributed by atoms with Crippen molar-refractivity contribution < 1.29 is 0 Å². The normalized spacial score (nSPS) is 26.6. The number of rotatable bonds is 1.